The maximum atomic E-state index is 14.0. The van der Waals surface area contributed by atoms with E-state index in [1.165, 1.54) is 6.07 Å². The first-order chi connectivity index (χ1) is 10.2. The third-order valence-electron chi connectivity index (χ3n) is 3.19. The molecule has 1 atom stereocenters. The molecule has 0 bridgehead atoms. The smallest absolute Gasteiger partial charge is 0.146 e. The molecule has 1 aromatic heterocycles. The van der Waals surface area contributed by atoms with Crippen LogP contribution in [-0.4, -0.2) is 0 Å². The molecule has 2 nitrogen and oxygen atoms in total. The number of benzene rings is 2. The first kappa shape index (κ1) is 13.9. The summed E-state index contributed by atoms with van der Waals surface area (Å²) in [5, 5.41) is 3.21. The van der Waals surface area contributed by atoms with Gasteiger partial charge in [0.15, 0.2) is 0 Å². The molecule has 0 aliphatic heterocycles. The van der Waals surface area contributed by atoms with E-state index >= 15 is 0 Å². The third-order valence-corrected chi connectivity index (χ3v) is 3.68. The van der Waals surface area contributed by atoms with Gasteiger partial charge >= 0.3 is 0 Å². The van der Waals surface area contributed by atoms with E-state index in [4.69, 9.17) is 4.42 Å². The molecule has 0 saturated heterocycles. The zero-order valence-corrected chi connectivity index (χ0v) is 12.7. The standard InChI is InChI=1S/C17H13BrFNO/c18-13-8-9-14(19)15(11-13)20-17(16-7-4-10-21-16)12-5-2-1-3-6-12/h1-11,17,20H. The van der Waals surface area contributed by atoms with Crippen molar-refractivity contribution in [3.8, 4) is 0 Å². The monoisotopic (exact) mass is 345 g/mol. The Bertz CT molecular complexity index is 713. The van der Waals surface area contributed by atoms with Crippen LogP contribution in [-0.2, 0) is 0 Å². The third kappa shape index (κ3) is 3.16. The van der Waals surface area contributed by atoms with Crippen molar-refractivity contribution in [3.05, 3.63) is 88.5 Å². The van der Waals surface area contributed by atoms with Gasteiger partial charge in [-0.25, -0.2) is 4.39 Å². The van der Waals surface area contributed by atoms with Crippen LogP contribution in [0.3, 0.4) is 0 Å². The maximum Gasteiger partial charge on any atom is 0.146 e. The fourth-order valence-corrected chi connectivity index (χ4v) is 2.54. The molecule has 0 radical (unpaired) electrons. The lowest BCUT2D eigenvalue weighted by Crippen LogP contribution is -2.12. The molecular formula is C17H13BrFNO. The van der Waals surface area contributed by atoms with E-state index in [9.17, 15) is 4.39 Å². The molecule has 1 N–H and O–H groups in total. The summed E-state index contributed by atoms with van der Waals surface area (Å²) in [4.78, 5) is 0. The molecule has 0 saturated carbocycles. The number of furan rings is 1. The van der Waals surface area contributed by atoms with E-state index in [-0.39, 0.29) is 11.9 Å². The number of rotatable bonds is 4. The summed E-state index contributed by atoms with van der Waals surface area (Å²) >= 11 is 3.36. The van der Waals surface area contributed by atoms with Gasteiger partial charge in [-0.05, 0) is 35.9 Å². The van der Waals surface area contributed by atoms with Crippen LogP contribution in [0.25, 0.3) is 0 Å². The van der Waals surface area contributed by atoms with Crippen molar-refractivity contribution < 1.29 is 8.81 Å². The topological polar surface area (TPSA) is 25.2 Å². The van der Waals surface area contributed by atoms with Gasteiger partial charge in [0.1, 0.15) is 17.6 Å². The van der Waals surface area contributed by atoms with Crippen LogP contribution >= 0.6 is 15.9 Å². The zero-order chi connectivity index (χ0) is 14.7. The molecule has 3 rings (SSSR count). The lowest BCUT2D eigenvalue weighted by Gasteiger charge is -2.19. The molecule has 3 aromatic rings. The molecule has 0 fully saturated rings. The van der Waals surface area contributed by atoms with Crippen molar-refractivity contribution in [2.24, 2.45) is 0 Å². The Labute approximate surface area is 130 Å². The second-order valence-electron chi connectivity index (χ2n) is 4.63. The summed E-state index contributed by atoms with van der Waals surface area (Å²) in [7, 11) is 0. The Balaban J connectivity index is 1.99. The van der Waals surface area contributed by atoms with Crippen molar-refractivity contribution in [2.45, 2.75) is 6.04 Å². The van der Waals surface area contributed by atoms with Gasteiger partial charge in [0, 0.05) is 4.47 Å². The van der Waals surface area contributed by atoms with Crippen molar-refractivity contribution in [1.82, 2.24) is 0 Å². The average Bonchev–Trinajstić information content (AvgIpc) is 3.03. The quantitative estimate of drug-likeness (QED) is 0.686. The minimum atomic E-state index is -0.300. The highest BCUT2D eigenvalue weighted by atomic mass is 79.9. The lowest BCUT2D eigenvalue weighted by molar-refractivity contribution is 0.498. The normalized spacial score (nSPS) is 12.1. The number of anilines is 1. The Morgan fingerprint density at radius 3 is 2.52 bits per heavy atom. The molecular weight excluding hydrogens is 333 g/mol. The first-order valence-electron chi connectivity index (χ1n) is 6.54. The summed E-state index contributed by atoms with van der Waals surface area (Å²) < 4.78 is 20.3. The van der Waals surface area contributed by atoms with Crippen LogP contribution in [0, 0.1) is 5.82 Å². The average molecular weight is 346 g/mol. The molecule has 1 unspecified atom stereocenters. The minimum absolute atomic E-state index is 0.245. The van der Waals surface area contributed by atoms with Crippen LogP contribution in [0.1, 0.15) is 17.4 Å². The molecule has 1 heterocycles. The van der Waals surface area contributed by atoms with E-state index in [1.54, 1.807) is 18.4 Å². The largest absolute Gasteiger partial charge is 0.467 e. The minimum Gasteiger partial charge on any atom is -0.467 e. The molecule has 4 heteroatoms. The highest BCUT2D eigenvalue weighted by Gasteiger charge is 2.18. The zero-order valence-electron chi connectivity index (χ0n) is 11.1. The fraction of sp³-hybridized carbons (Fsp3) is 0.0588. The summed E-state index contributed by atoms with van der Waals surface area (Å²) in [6.45, 7) is 0. The predicted octanol–water partition coefficient (Wildman–Crippen LogP) is 5.38. The van der Waals surface area contributed by atoms with Crippen LogP contribution in [0.5, 0.6) is 0 Å². The van der Waals surface area contributed by atoms with E-state index in [0.29, 0.717) is 5.69 Å². The van der Waals surface area contributed by atoms with E-state index in [2.05, 4.69) is 21.2 Å². The molecule has 0 aliphatic carbocycles. The van der Waals surface area contributed by atoms with Crippen LogP contribution in [0.4, 0.5) is 10.1 Å². The van der Waals surface area contributed by atoms with E-state index < -0.39 is 0 Å². The van der Waals surface area contributed by atoms with E-state index in [1.807, 2.05) is 42.5 Å². The van der Waals surface area contributed by atoms with Gasteiger partial charge in [0.2, 0.25) is 0 Å². The first-order valence-corrected chi connectivity index (χ1v) is 7.33. The van der Waals surface area contributed by atoms with Crippen LogP contribution < -0.4 is 5.32 Å². The Hall–Kier alpha value is -2.07. The second-order valence-corrected chi connectivity index (χ2v) is 5.54. The molecule has 0 amide bonds. The van der Waals surface area contributed by atoms with Crippen LogP contribution in [0.15, 0.2) is 75.8 Å². The SMILES string of the molecule is Fc1ccc(Br)cc1NC(c1ccccc1)c1ccco1. The fourth-order valence-electron chi connectivity index (χ4n) is 2.18. The summed E-state index contributed by atoms with van der Waals surface area (Å²) in [6.07, 6.45) is 1.62. The Kier molecular flexibility index (Phi) is 4.06. The van der Waals surface area contributed by atoms with Crippen molar-refractivity contribution >= 4 is 21.6 Å². The molecule has 0 aliphatic rings. The second kappa shape index (κ2) is 6.14. The van der Waals surface area contributed by atoms with Gasteiger partial charge in [-0.2, -0.15) is 0 Å². The van der Waals surface area contributed by atoms with Crippen molar-refractivity contribution in [2.75, 3.05) is 5.32 Å². The van der Waals surface area contributed by atoms with Gasteiger partial charge in [-0.1, -0.05) is 46.3 Å². The van der Waals surface area contributed by atoms with Crippen molar-refractivity contribution in [3.63, 3.8) is 0 Å². The molecule has 106 valence electrons. The number of nitrogens with one attached hydrogen (secondary N) is 1. The van der Waals surface area contributed by atoms with Gasteiger partial charge in [0.25, 0.3) is 0 Å². The predicted molar refractivity (Wildman–Crippen MR) is 84.7 cm³/mol. The maximum absolute atomic E-state index is 14.0. The summed E-state index contributed by atoms with van der Waals surface area (Å²) in [5.41, 5.74) is 1.43. The highest BCUT2D eigenvalue weighted by Crippen LogP contribution is 2.29. The van der Waals surface area contributed by atoms with Gasteiger partial charge in [-0.3, -0.25) is 0 Å². The number of hydrogen-bond acceptors (Lipinski definition) is 2. The number of halogens is 2. The molecule has 0 spiro atoms. The Morgan fingerprint density at radius 1 is 1.00 bits per heavy atom. The summed E-state index contributed by atoms with van der Waals surface area (Å²) in [6, 6.07) is 18.1. The molecule has 21 heavy (non-hydrogen) atoms. The van der Waals surface area contributed by atoms with Gasteiger partial charge in [-0.15, -0.1) is 0 Å². The van der Waals surface area contributed by atoms with E-state index in [0.717, 1.165) is 15.8 Å². The summed E-state index contributed by atoms with van der Waals surface area (Å²) in [5.74, 6) is 0.436. The van der Waals surface area contributed by atoms with Gasteiger partial charge in [0.05, 0.1) is 12.0 Å². The van der Waals surface area contributed by atoms with Crippen LogP contribution in [0.2, 0.25) is 0 Å². The molecule has 2 aromatic carbocycles. The van der Waals surface area contributed by atoms with Gasteiger partial charge < -0.3 is 9.73 Å². The van der Waals surface area contributed by atoms with Crippen molar-refractivity contribution in [1.29, 1.82) is 0 Å². The number of hydrogen-bond donors (Lipinski definition) is 1. The highest BCUT2D eigenvalue weighted by molar-refractivity contribution is 9.10. The Morgan fingerprint density at radius 2 is 1.81 bits per heavy atom. The lowest BCUT2D eigenvalue weighted by atomic mass is 10.0.